The fourth-order valence-electron chi connectivity index (χ4n) is 3.09. The zero-order valence-electron chi connectivity index (χ0n) is 14.4. The van der Waals surface area contributed by atoms with Crippen LogP contribution >= 0.6 is 0 Å². The average Bonchev–Trinajstić information content (AvgIpc) is 3.13. The summed E-state index contributed by atoms with van der Waals surface area (Å²) in [4.78, 5) is 14.6. The molecule has 136 valence electrons. The van der Waals surface area contributed by atoms with Gasteiger partial charge in [-0.05, 0) is 19.8 Å². The summed E-state index contributed by atoms with van der Waals surface area (Å²) in [6.45, 7) is 2.28. The van der Waals surface area contributed by atoms with Gasteiger partial charge in [0.1, 0.15) is 17.6 Å². The van der Waals surface area contributed by atoms with Gasteiger partial charge in [0.05, 0.1) is 24.7 Å². The van der Waals surface area contributed by atoms with Crippen molar-refractivity contribution in [2.24, 2.45) is 7.05 Å². The molecule has 25 heavy (non-hydrogen) atoms. The van der Waals surface area contributed by atoms with Crippen molar-refractivity contribution in [1.82, 2.24) is 19.2 Å². The minimum atomic E-state index is -3.61. The van der Waals surface area contributed by atoms with Crippen molar-refractivity contribution in [1.29, 1.82) is 0 Å². The molecule has 0 N–H and O–H groups in total. The van der Waals surface area contributed by atoms with Gasteiger partial charge < -0.3 is 4.52 Å². The van der Waals surface area contributed by atoms with Crippen LogP contribution in [0.3, 0.4) is 0 Å². The number of nitrogens with zero attached hydrogens (tertiary/aromatic N) is 5. The maximum atomic E-state index is 13.0. The Labute approximate surface area is 146 Å². The maximum Gasteiger partial charge on any atom is 0.246 e. The summed E-state index contributed by atoms with van der Waals surface area (Å²) in [5, 5.41) is 7.94. The van der Waals surface area contributed by atoms with Gasteiger partial charge in [-0.25, -0.2) is 8.42 Å². The number of piperidine rings is 1. The lowest BCUT2D eigenvalue weighted by atomic mass is 10.0. The molecule has 1 amide bonds. The highest BCUT2D eigenvalue weighted by atomic mass is 32.2. The van der Waals surface area contributed by atoms with E-state index in [1.165, 1.54) is 4.31 Å². The van der Waals surface area contributed by atoms with Crippen LogP contribution in [-0.2, 0) is 28.4 Å². The van der Waals surface area contributed by atoms with Crippen LogP contribution in [0.5, 0.6) is 0 Å². The van der Waals surface area contributed by atoms with Gasteiger partial charge >= 0.3 is 0 Å². The number of carbonyl (C=O) groups is 1. The lowest BCUT2D eigenvalue weighted by Gasteiger charge is -2.36. The van der Waals surface area contributed by atoms with E-state index in [2.05, 4.69) is 10.3 Å². The highest BCUT2D eigenvalue weighted by Gasteiger charge is 2.39. The van der Waals surface area contributed by atoms with Gasteiger partial charge in [0.2, 0.25) is 15.9 Å². The first-order valence-corrected chi connectivity index (χ1v) is 9.80. The summed E-state index contributed by atoms with van der Waals surface area (Å²) in [6.07, 6.45) is 3.89. The lowest BCUT2D eigenvalue weighted by Crippen LogP contribution is -2.54. The van der Waals surface area contributed by atoms with Crippen LogP contribution in [0.25, 0.3) is 0 Å². The lowest BCUT2D eigenvalue weighted by molar-refractivity contribution is -0.123. The molecule has 1 saturated heterocycles. The summed E-state index contributed by atoms with van der Waals surface area (Å²) in [5.74, 6) is 0.996. The van der Waals surface area contributed by atoms with Crippen LogP contribution in [0, 0.1) is 6.92 Å². The molecular weight excluding hydrogens is 346 g/mol. The molecule has 2 aromatic rings. The average molecular weight is 367 g/mol. The quantitative estimate of drug-likeness (QED) is 0.770. The Morgan fingerprint density at radius 2 is 2.20 bits per heavy atom. The Balaban J connectivity index is 1.90. The third kappa shape index (κ3) is 3.59. The van der Waals surface area contributed by atoms with Crippen LogP contribution in [-0.4, -0.2) is 52.4 Å². The second-order valence-electron chi connectivity index (χ2n) is 6.20. The molecule has 2 aromatic heterocycles. The Bertz CT molecular complexity index is 872. The van der Waals surface area contributed by atoms with Crippen molar-refractivity contribution < 1.29 is 17.7 Å². The normalized spacial score (nSPS) is 19.0. The molecule has 0 saturated carbocycles. The van der Waals surface area contributed by atoms with Gasteiger partial charge in [-0.1, -0.05) is 5.16 Å². The highest BCUT2D eigenvalue weighted by Crippen LogP contribution is 2.25. The van der Waals surface area contributed by atoms with E-state index < -0.39 is 16.1 Å². The number of anilines is 1. The molecule has 0 spiro atoms. The van der Waals surface area contributed by atoms with Gasteiger partial charge in [0.25, 0.3) is 0 Å². The summed E-state index contributed by atoms with van der Waals surface area (Å²) >= 11 is 0. The molecule has 3 rings (SSSR count). The van der Waals surface area contributed by atoms with Crippen molar-refractivity contribution in [3.05, 3.63) is 29.8 Å². The summed E-state index contributed by atoms with van der Waals surface area (Å²) in [7, 11) is -1.86. The predicted molar refractivity (Wildman–Crippen MR) is 90.2 cm³/mol. The Morgan fingerprint density at radius 1 is 1.44 bits per heavy atom. The van der Waals surface area contributed by atoms with E-state index in [-0.39, 0.29) is 12.5 Å². The van der Waals surface area contributed by atoms with Gasteiger partial charge in [0.15, 0.2) is 0 Å². The van der Waals surface area contributed by atoms with Crippen molar-refractivity contribution in [2.75, 3.05) is 17.7 Å². The van der Waals surface area contributed by atoms with Gasteiger partial charge in [0, 0.05) is 25.7 Å². The Morgan fingerprint density at radius 3 is 2.76 bits per heavy atom. The van der Waals surface area contributed by atoms with Crippen LogP contribution in [0.2, 0.25) is 0 Å². The molecule has 0 radical (unpaired) electrons. The van der Waals surface area contributed by atoms with Crippen LogP contribution < -0.4 is 4.90 Å². The van der Waals surface area contributed by atoms with Crippen molar-refractivity contribution in [3.63, 3.8) is 0 Å². The topological polar surface area (TPSA) is 102 Å². The first-order valence-electron chi connectivity index (χ1n) is 7.96. The predicted octanol–water partition coefficient (Wildman–Crippen LogP) is 0.674. The van der Waals surface area contributed by atoms with E-state index in [4.69, 9.17) is 4.52 Å². The van der Waals surface area contributed by atoms with Gasteiger partial charge in [-0.15, -0.1) is 0 Å². The molecule has 3 heterocycles. The van der Waals surface area contributed by atoms with Crippen LogP contribution in [0.4, 0.5) is 5.82 Å². The van der Waals surface area contributed by atoms with Gasteiger partial charge in [-0.3, -0.25) is 14.4 Å². The molecule has 0 bridgehead atoms. The molecule has 0 aromatic carbocycles. The minimum Gasteiger partial charge on any atom is -0.361 e. The highest BCUT2D eigenvalue weighted by molar-refractivity contribution is 7.88. The standard InChI is InChI=1S/C15H21N5O4S/c1-11-9-12(17-24-11)10-20(25(3,22)23)13-5-4-8-19(15(13)21)14-6-7-16-18(14)2/h6-7,9,13H,4-5,8,10H2,1-3H3. The minimum absolute atomic E-state index is 0.00576. The van der Waals surface area contributed by atoms with Crippen molar-refractivity contribution in [2.45, 2.75) is 32.4 Å². The SMILES string of the molecule is Cc1cc(CN(C2CCCN(c3ccnn3C)C2=O)S(C)(=O)=O)no1. The van der Waals surface area contributed by atoms with Crippen LogP contribution in [0.1, 0.15) is 24.3 Å². The molecular formula is C15H21N5O4S. The fourth-order valence-corrected chi connectivity index (χ4v) is 4.12. The molecule has 1 unspecified atom stereocenters. The number of amides is 1. The fraction of sp³-hybridized carbons (Fsp3) is 0.533. The molecule has 1 atom stereocenters. The second kappa shape index (κ2) is 6.60. The monoisotopic (exact) mass is 367 g/mol. The maximum absolute atomic E-state index is 13.0. The summed E-state index contributed by atoms with van der Waals surface area (Å²) in [6, 6.07) is 2.65. The Kier molecular flexibility index (Phi) is 4.65. The van der Waals surface area contributed by atoms with E-state index in [0.29, 0.717) is 36.7 Å². The number of aromatic nitrogens is 3. The summed E-state index contributed by atoms with van der Waals surface area (Å²) < 4.78 is 32.5. The Hall–Kier alpha value is -2.20. The van der Waals surface area contributed by atoms with E-state index >= 15 is 0 Å². The molecule has 1 aliphatic rings. The van der Waals surface area contributed by atoms with Crippen molar-refractivity contribution >= 4 is 21.7 Å². The number of hydrogen-bond donors (Lipinski definition) is 0. The zero-order chi connectivity index (χ0) is 18.2. The largest absolute Gasteiger partial charge is 0.361 e. The number of carbonyl (C=O) groups excluding carboxylic acids is 1. The molecule has 10 heteroatoms. The number of aryl methyl sites for hydroxylation is 2. The van der Waals surface area contributed by atoms with Crippen molar-refractivity contribution in [3.8, 4) is 0 Å². The van der Waals surface area contributed by atoms with E-state index in [0.717, 1.165) is 6.26 Å². The van der Waals surface area contributed by atoms with E-state index in [1.807, 2.05) is 0 Å². The zero-order valence-corrected chi connectivity index (χ0v) is 15.2. The first-order chi connectivity index (χ1) is 11.8. The second-order valence-corrected chi connectivity index (χ2v) is 8.13. The molecule has 1 fully saturated rings. The number of sulfonamides is 1. The third-order valence-corrected chi connectivity index (χ3v) is 5.49. The van der Waals surface area contributed by atoms with E-state index in [9.17, 15) is 13.2 Å². The number of hydrogen-bond acceptors (Lipinski definition) is 6. The molecule has 9 nitrogen and oxygen atoms in total. The number of rotatable bonds is 5. The van der Waals surface area contributed by atoms with E-state index in [1.54, 1.807) is 41.9 Å². The third-order valence-electron chi connectivity index (χ3n) is 4.25. The van der Waals surface area contributed by atoms with Gasteiger partial charge in [-0.2, -0.15) is 9.40 Å². The van der Waals surface area contributed by atoms with Crippen LogP contribution in [0.15, 0.2) is 22.9 Å². The first kappa shape index (κ1) is 17.6. The molecule has 0 aliphatic carbocycles. The molecule has 1 aliphatic heterocycles. The summed E-state index contributed by atoms with van der Waals surface area (Å²) in [5.41, 5.74) is 0.480. The smallest absolute Gasteiger partial charge is 0.246 e.